The number of carbonyl (C=O) groups excluding carboxylic acids is 3. The van der Waals surface area contributed by atoms with E-state index in [1.54, 1.807) is 13.8 Å². The van der Waals surface area contributed by atoms with Crippen molar-refractivity contribution in [3.05, 3.63) is 22.0 Å². The summed E-state index contributed by atoms with van der Waals surface area (Å²) in [6, 6.07) is 0. The zero-order valence-electron chi connectivity index (χ0n) is 16.6. The lowest BCUT2D eigenvalue weighted by molar-refractivity contribution is -0.395. The number of nitrogens with zero attached hydrogens (tertiary/aromatic N) is 3. The molecule has 0 aliphatic carbocycles. The van der Waals surface area contributed by atoms with Crippen molar-refractivity contribution in [2.75, 3.05) is 13.1 Å². The van der Waals surface area contributed by atoms with Gasteiger partial charge in [-0.3, -0.25) is 9.59 Å². The summed E-state index contributed by atoms with van der Waals surface area (Å²) in [7, 11) is 0. The van der Waals surface area contributed by atoms with Crippen molar-refractivity contribution in [2.45, 2.75) is 59.0 Å². The second-order valence-electron chi connectivity index (χ2n) is 7.46. The van der Waals surface area contributed by atoms with E-state index in [1.807, 2.05) is 0 Å². The van der Waals surface area contributed by atoms with Crippen LogP contribution >= 0.6 is 0 Å². The van der Waals surface area contributed by atoms with E-state index in [2.05, 4.69) is 15.6 Å². The molecule has 0 bridgehead atoms. The third kappa shape index (κ3) is 5.76. The van der Waals surface area contributed by atoms with Crippen LogP contribution in [0.3, 0.4) is 0 Å². The quantitative estimate of drug-likeness (QED) is 0.265. The maximum Gasteiger partial charge on any atom is 0.442 e. The van der Waals surface area contributed by atoms with Crippen molar-refractivity contribution >= 4 is 23.4 Å². The molecule has 150 valence electrons. The second-order valence-corrected chi connectivity index (χ2v) is 7.46. The van der Waals surface area contributed by atoms with Crippen molar-refractivity contribution in [2.24, 2.45) is 0 Å². The van der Waals surface area contributed by atoms with E-state index < -0.39 is 33.6 Å². The van der Waals surface area contributed by atoms with E-state index >= 15 is 0 Å². The summed E-state index contributed by atoms with van der Waals surface area (Å²) in [5.41, 5.74) is -1.56. The van der Waals surface area contributed by atoms with Gasteiger partial charge in [-0.2, -0.15) is 4.57 Å². The number of hydrogen-bond acceptors (Lipinski definition) is 8. The maximum absolute atomic E-state index is 12.5. The number of Topliss-reactive ketones (excluding diaryl/α,β-unsaturated/α-hetero) is 2. The number of nitrogens with one attached hydrogen (secondary N) is 2. The van der Waals surface area contributed by atoms with Crippen LogP contribution in [0.5, 0.6) is 0 Å². The molecule has 0 spiro atoms. The van der Waals surface area contributed by atoms with Crippen LogP contribution in [0.4, 0.5) is 5.95 Å². The highest BCUT2D eigenvalue weighted by Crippen LogP contribution is 2.14. The van der Waals surface area contributed by atoms with Gasteiger partial charge in [-0.05, 0) is 66.0 Å². The number of hydrogen-bond donors (Lipinski definition) is 2. The summed E-state index contributed by atoms with van der Waals surface area (Å²) < 4.78 is 0.665. The van der Waals surface area contributed by atoms with E-state index in [-0.39, 0.29) is 11.5 Å². The Balaban J connectivity index is 2.67. The lowest BCUT2D eigenvalue weighted by Crippen LogP contribution is -2.52. The zero-order chi connectivity index (χ0) is 21.0. The molecule has 0 radical (unpaired) electrons. The molecule has 2 N–H and O–H groups in total. The van der Waals surface area contributed by atoms with Crippen LogP contribution in [0.1, 0.15) is 51.5 Å². The van der Waals surface area contributed by atoms with Crippen LogP contribution in [0.15, 0.2) is 6.20 Å². The molecule has 0 fully saturated rings. The first-order valence-corrected chi connectivity index (χ1v) is 8.60. The molecule has 0 atom stereocenters. The van der Waals surface area contributed by atoms with Gasteiger partial charge in [0, 0.05) is 0 Å². The van der Waals surface area contributed by atoms with Gasteiger partial charge in [0.25, 0.3) is 5.78 Å². The minimum atomic E-state index is -1.21. The van der Waals surface area contributed by atoms with Gasteiger partial charge in [-0.25, -0.2) is 4.79 Å². The Morgan fingerprint density at radius 2 is 1.67 bits per heavy atom. The molecule has 10 nitrogen and oxygen atoms in total. The van der Waals surface area contributed by atoms with Gasteiger partial charge in [0.15, 0.2) is 0 Å². The Hall–Kier alpha value is -2.46. The van der Waals surface area contributed by atoms with Crippen LogP contribution in [0, 0.1) is 17.0 Å². The number of aryl methyl sites for hydroxylation is 1. The van der Waals surface area contributed by atoms with Crippen molar-refractivity contribution in [1.29, 1.82) is 0 Å². The Morgan fingerprint density at radius 3 is 2.15 bits per heavy atom. The van der Waals surface area contributed by atoms with Gasteiger partial charge in [-0.1, -0.05) is 4.98 Å². The summed E-state index contributed by atoms with van der Waals surface area (Å²) in [4.78, 5) is 50.2. The summed E-state index contributed by atoms with van der Waals surface area (Å²) in [6.45, 7) is 10.6. The number of carbonyl (C=O) groups is 3. The molecule has 0 aromatic carbocycles. The molecule has 0 amide bonds. The fourth-order valence-corrected chi connectivity index (χ4v) is 2.23. The first-order valence-electron chi connectivity index (χ1n) is 8.60. The minimum Gasteiger partial charge on any atom is -0.390 e. The topological polar surface area (TPSA) is 136 Å². The fraction of sp³-hybridized carbons (Fsp3) is 0.647. The molecular formula is C17H27N5O5. The lowest BCUT2D eigenvalue weighted by atomic mass is 9.98. The first-order chi connectivity index (χ1) is 12.3. The van der Waals surface area contributed by atoms with Crippen molar-refractivity contribution in [3.8, 4) is 0 Å². The highest BCUT2D eigenvalue weighted by atomic mass is 16.6. The van der Waals surface area contributed by atoms with E-state index in [0.29, 0.717) is 24.1 Å². The van der Waals surface area contributed by atoms with Crippen molar-refractivity contribution < 1.29 is 19.3 Å². The van der Waals surface area contributed by atoms with Crippen LogP contribution in [0.2, 0.25) is 0 Å². The predicted molar refractivity (Wildman–Crippen MR) is 98.7 cm³/mol. The second kappa shape index (κ2) is 8.49. The summed E-state index contributed by atoms with van der Waals surface area (Å²) in [5, 5.41) is 17.1. The lowest BCUT2D eigenvalue weighted by Gasteiger charge is -2.25. The summed E-state index contributed by atoms with van der Waals surface area (Å²) >= 11 is 0. The molecule has 1 aromatic heterocycles. The summed E-state index contributed by atoms with van der Waals surface area (Å²) in [5.74, 6) is -2.48. The molecular weight excluding hydrogens is 354 g/mol. The molecule has 27 heavy (non-hydrogen) atoms. The third-order valence-electron chi connectivity index (χ3n) is 4.32. The molecule has 0 saturated carbocycles. The van der Waals surface area contributed by atoms with Gasteiger partial charge in [0.1, 0.15) is 17.7 Å². The van der Waals surface area contributed by atoms with Crippen LogP contribution in [-0.2, 0) is 9.59 Å². The number of ketones is 2. The number of aromatic nitrogens is 2. The zero-order valence-corrected chi connectivity index (χ0v) is 16.6. The van der Waals surface area contributed by atoms with Gasteiger partial charge in [-0.15, -0.1) is 0 Å². The molecule has 0 unspecified atom stereocenters. The average molecular weight is 381 g/mol. The van der Waals surface area contributed by atoms with E-state index in [0.717, 1.165) is 0 Å². The summed E-state index contributed by atoms with van der Waals surface area (Å²) in [6.07, 6.45) is 1.79. The Morgan fingerprint density at radius 1 is 1.15 bits per heavy atom. The highest BCUT2D eigenvalue weighted by molar-refractivity contribution is 6.40. The van der Waals surface area contributed by atoms with Gasteiger partial charge < -0.3 is 20.7 Å². The number of imidazole rings is 1. The molecule has 0 aliphatic heterocycles. The average Bonchev–Trinajstić information content (AvgIpc) is 2.95. The van der Waals surface area contributed by atoms with Gasteiger partial charge in [0.2, 0.25) is 0 Å². The normalized spacial score (nSPS) is 12.1. The monoisotopic (exact) mass is 381 g/mol. The number of nitro groups is 1. The molecule has 10 heteroatoms. The van der Waals surface area contributed by atoms with Crippen molar-refractivity contribution in [3.63, 3.8) is 0 Å². The van der Waals surface area contributed by atoms with Crippen LogP contribution < -0.4 is 10.6 Å². The van der Waals surface area contributed by atoms with Gasteiger partial charge in [0.05, 0.1) is 11.1 Å². The third-order valence-corrected chi connectivity index (χ3v) is 4.32. The van der Waals surface area contributed by atoms with Gasteiger partial charge >= 0.3 is 11.9 Å². The van der Waals surface area contributed by atoms with Crippen LogP contribution in [-0.4, -0.2) is 56.1 Å². The number of rotatable bonds is 10. The SMILES string of the molecule is CC(=O)C(C)(C)NCCCNC(C)(C)C(=O)C(=O)n1cc(C)nc1[N+](=O)[O-]. The predicted octanol–water partition coefficient (Wildman–Crippen LogP) is 1.02. The molecule has 1 rings (SSSR count). The highest BCUT2D eigenvalue weighted by Gasteiger charge is 2.38. The Labute approximate surface area is 157 Å². The smallest absolute Gasteiger partial charge is 0.390 e. The maximum atomic E-state index is 12.5. The van der Waals surface area contributed by atoms with E-state index in [1.165, 1.54) is 33.9 Å². The van der Waals surface area contributed by atoms with Crippen LogP contribution in [0.25, 0.3) is 0 Å². The molecule has 1 heterocycles. The Kier molecular flexibility index (Phi) is 7.10. The Bertz CT molecular complexity index is 751. The molecule has 0 aliphatic rings. The van der Waals surface area contributed by atoms with Crippen molar-refractivity contribution in [1.82, 2.24) is 20.2 Å². The fourth-order valence-electron chi connectivity index (χ4n) is 2.23. The molecule has 0 saturated heterocycles. The largest absolute Gasteiger partial charge is 0.442 e. The van der Waals surface area contributed by atoms with E-state index in [9.17, 15) is 24.5 Å². The minimum absolute atomic E-state index is 0.0220. The molecule has 1 aromatic rings. The first kappa shape index (κ1) is 22.6. The van der Waals surface area contributed by atoms with E-state index in [4.69, 9.17) is 0 Å². The standard InChI is InChI=1S/C17H27N5O5/c1-11-10-21(15(20-11)22(26)27)14(25)13(24)17(5,6)19-9-7-8-18-16(3,4)12(2)23/h10,18-19H,7-9H2,1-6H3.